The number of carbonyl (C=O) groups excluding carboxylic acids is 2. The monoisotopic (exact) mass is 304 g/mol. The number of piperazine rings is 1. The van der Waals surface area contributed by atoms with Crippen LogP contribution in [0.25, 0.3) is 0 Å². The van der Waals surface area contributed by atoms with Crippen molar-refractivity contribution < 1.29 is 9.59 Å². The number of nitrogens with zero attached hydrogens (tertiary/aromatic N) is 2. The Hall–Kier alpha value is -1.36. The van der Waals surface area contributed by atoms with Crippen LogP contribution in [-0.4, -0.2) is 47.8 Å². The summed E-state index contributed by atoms with van der Waals surface area (Å²) < 4.78 is 0. The summed E-state index contributed by atoms with van der Waals surface area (Å²) in [5.74, 6) is 1.54. The fraction of sp³-hybridized carbons (Fsp3) is 0.625. The molecule has 2 unspecified atom stereocenters. The fourth-order valence-corrected chi connectivity index (χ4v) is 4.16. The van der Waals surface area contributed by atoms with Gasteiger partial charge in [0, 0.05) is 48.8 Å². The molecule has 4 nitrogen and oxygen atoms in total. The summed E-state index contributed by atoms with van der Waals surface area (Å²) in [5, 5.41) is 2.08. The summed E-state index contributed by atoms with van der Waals surface area (Å²) >= 11 is 1.75. The van der Waals surface area contributed by atoms with Crippen molar-refractivity contribution in [2.45, 2.75) is 25.2 Å². The highest BCUT2D eigenvalue weighted by Crippen LogP contribution is 2.50. The van der Waals surface area contributed by atoms with Crippen LogP contribution in [0.2, 0.25) is 0 Å². The molecular weight excluding hydrogens is 284 g/mol. The SMILES string of the molecule is O=C(C1CC1)N1CCN(C(=O)C2CC2c2cccs2)CC1. The molecule has 0 bridgehead atoms. The van der Waals surface area contributed by atoms with Gasteiger partial charge in [0.25, 0.3) is 0 Å². The minimum atomic E-state index is 0.189. The zero-order chi connectivity index (χ0) is 14.4. The van der Waals surface area contributed by atoms with Crippen molar-refractivity contribution in [3.63, 3.8) is 0 Å². The summed E-state index contributed by atoms with van der Waals surface area (Å²) in [6.45, 7) is 2.87. The van der Waals surface area contributed by atoms with Crippen LogP contribution >= 0.6 is 11.3 Å². The molecule has 3 aliphatic rings. The molecule has 3 fully saturated rings. The van der Waals surface area contributed by atoms with Gasteiger partial charge in [-0.1, -0.05) is 6.07 Å². The molecule has 2 amide bonds. The minimum absolute atomic E-state index is 0.189. The summed E-state index contributed by atoms with van der Waals surface area (Å²) in [6, 6.07) is 4.19. The molecule has 112 valence electrons. The molecule has 1 aromatic rings. The van der Waals surface area contributed by atoms with Crippen LogP contribution in [0.5, 0.6) is 0 Å². The summed E-state index contributed by atoms with van der Waals surface area (Å²) in [6.07, 6.45) is 3.12. The maximum atomic E-state index is 12.5. The molecule has 2 atom stereocenters. The lowest BCUT2D eigenvalue weighted by Crippen LogP contribution is -2.51. The van der Waals surface area contributed by atoms with Crippen LogP contribution in [0.1, 0.15) is 30.1 Å². The van der Waals surface area contributed by atoms with Gasteiger partial charge in [-0.25, -0.2) is 0 Å². The molecule has 4 rings (SSSR count). The van der Waals surface area contributed by atoms with Crippen LogP contribution in [0.3, 0.4) is 0 Å². The van der Waals surface area contributed by atoms with E-state index in [9.17, 15) is 9.59 Å². The predicted molar refractivity (Wildman–Crippen MR) is 81.1 cm³/mol. The highest BCUT2D eigenvalue weighted by Gasteiger charge is 2.47. The molecule has 0 N–H and O–H groups in total. The third kappa shape index (κ3) is 2.59. The van der Waals surface area contributed by atoms with Gasteiger partial charge in [-0.3, -0.25) is 9.59 Å². The Morgan fingerprint density at radius 1 is 1.05 bits per heavy atom. The molecule has 0 aromatic carbocycles. The normalized spacial score (nSPS) is 28.6. The lowest BCUT2D eigenvalue weighted by Gasteiger charge is -2.35. The van der Waals surface area contributed by atoms with Gasteiger partial charge < -0.3 is 9.80 Å². The Labute approximate surface area is 128 Å². The zero-order valence-corrected chi connectivity index (χ0v) is 12.8. The Bertz CT molecular complexity index is 545. The number of amides is 2. The van der Waals surface area contributed by atoms with E-state index in [0.29, 0.717) is 36.7 Å². The molecule has 1 saturated heterocycles. The number of hydrogen-bond donors (Lipinski definition) is 0. The van der Waals surface area contributed by atoms with Crippen LogP contribution in [0.15, 0.2) is 17.5 Å². The number of carbonyl (C=O) groups is 2. The van der Waals surface area contributed by atoms with Gasteiger partial charge in [-0.15, -0.1) is 11.3 Å². The van der Waals surface area contributed by atoms with E-state index in [2.05, 4.69) is 17.5 Å². The number of hydrogen-bond acceptors (Lipinski definition) is 3. The predicted octanol–water partition coefficient (Wildman–Crippen LogP) is 1.93. The number of thiophene rings is 1. The average Bonchev–Trinajstić information content (AvgIpc) is 3.45. The van der Waals surface area contributed by atoms with Gasteiger partial charge in [0.05, 0.1) is 0 Å². The van der Waals surface area contributed by atoms with E-state index in [-0.39, 0.29) is 5.92 Å². The minimum Gasteiger partial charge on any atom is -0.339 e. The van der Waals surface area contributed by atoms with Crippen molar-refractivity contribution in [3.8, 4) is 0 Å². The summed E-state index contributed by atoms with van der Waals surface area (Å²) in [4.78, 5) is 29.8. The highest BCUT2D eigenvalue weighted by molar-refractivity contribution is 7.10. The molecule has 2 saturated carbocycles. The molecule has 1 aromatic heterocycles. The Kier molecular flexibility index (Phi) is 3.25. The first kappa shape index (κ1) is 13.3. The third-order valence-electron chi connectivity index (χ3n) is 4.85. The number of rotatable bonds is 3. The third-order valence-corrected chi connectivity index (χ3v) is 5.85. The van der Waals surface area contributed by atoms with E-state index < -0.39 is 0 Å². The van der Waals surface area contributed by atoms with Gasteiger partial charge in [-0.05, 0) is 30.7 Å². The second-order valence-corrected chi connectivity index (χ2v) is 7.37. The van der Waals surface area contributed by atoms with Crippen LogP contribution in [-0.2, 0) is 9.59 Å². The van der Waals surface area contributed by atoms with Gasteiger partial charge in [0.1, 0.15) is 0 Å². The molecule has 0 radical (unpaired) electrons. The maximum absolute atomic E-state index is 12.5. The van der Waals surface area contributed by atoms with Crippen molar-refractivity contribution in [3.05, 3.63) is 22.4 Å². The molecule has 21 heavy (non-hydrogen) atoms. The standard InChI is InChI=1S/C16H20N2O2S/c19-15(11-3-4-11)17-5-7-18(8-6-17)16(20)13-10-12(13)14-2-1-9-21-14/h1-2,9,11-13H,3-8,10H2. The van der Waals surface area contributed by atoms with Gasteiger partial charge in [0.15, 0.2) is 0 Å². The van der Waals surface area contributed by atoms with Crippen LogP contribution < -0.4 is 0 Å². The van der Waals surface area contributed by atoms with E-state index in [1.165, 1.54) is 4.88 Å². The zero-order valence-electron chi connectivity index (χ0n) is 12.0. The highest BCUT2D eigenvalue weighted by atomic mass is 32.1. The first-order valence-electron chi connectivity index (χ1n) is 7.85. The van der Waals surface area contributed by atoms with Gasteiger partial charge >= 0.3 is 0 Å². The fourth-order valence-electron chi connectivity index (χ4n) is 3.25. The molecule has 2 heterocycles. The summed E-state index contributed by atoms with van der Waals surface area (Å²) in [7, 11) is 0. The smallest absolute Gasteiger partial charge is 0.226 e. The van der Waals surface area contributed by atoms with Crippen LogP contribution in [0, 0.1) is 11.8 Å². The lowest BCUT2D eigenvalue weighted by atomic mass is 10.2. The Balaban J connectivity index is 1.30. The Morgan fingerprint density at radius 3 is 2.29 bits per heavy atom. The second-order valence-electron chi connectivity index (χ2n) is 6.39. The van der Waals surface area contributed by atoms with E-state index in [4.69, 9.17) is 0 Å². The van der Waals surface area contributed by atoms with Crippen molar-refractivity contribution >= 4 is 23.2 Å². The average molecular weight is 304 g/mol. The molecule has 1 aliphatic heterocycles. The maximum Gasteiger partial charge on any atom is 0.226 e. The van der Waals surface area contributed by atoms with E-state index in [0.717, 1.165) is 32.4 Å². The first-order valence-corrected chi connectivity index (χ1v) is 8.73. The van der Waals surface area contributed by atoms with Crippen molar-refractivity contribution in [1.29, 1.82) is 0 Å². The van der Waals surface area contributed by atoms with E-state index >= 15 is 0 Å². The molecule has 0 spiro atoms. The topological polar surface area (TPSA) is 40.6 Å². The largest absolute Gasteiger partial charge is 0.339 e. The second kappa shape index (κ2) is 5.13. The molecular formula is C16H20N2O2S. The quantitative estimate of drug-likeness (QED) is 0.856. The van der Waals surface area contributed by atoms with Crippen LogP contribution in [0.4, 0.5) is 0 Å². The first-order chi connectivity index (χ1) is 10.2. The van der Waals surface area contributed by atoms with Gasteiger partial charge in [-0.2, -0.15) is 0 Å². The van der Waals surface area contributed by atoms with Crippen molar-refractivity contribution in [1.82, 2.24) is 9.80 Å². The summed E-state index contributed by atoms with van der Waals surface area (Å²) in [5.41, 5.74) is 0. The van der Waals surface area contributed by atoms with Crippen molar-refractivity contribution in [2.24, 2.45) is 11.8 Å². The van der Waals surface area contributed by atoms with E-state index in [1.807, 2.05) is 9.80 Å². The lowest BCUT2D eigenvalue weighted by molar-refractivity contribution is -0.141. The molecule has 2 aliphatic carbocycles. The van der Waals surface area contributed by atoms with E-state index in [1.54, 1.807) is 11.3 Å². The Morgan fingerprint density at radius 2 is 1.71 bits per heavy atom. The van der Waals surface area contributed by atoms with Crippen molar-refractivity contribution in [2.75, 3.05) is 26.2 Å². The van der Waals surface area contributed by atoms with Gasteiger partial charge in [0.2, 0.25) is 11.8 Å². The molecule has 5 heteroatoms.